The van der Waals surface area contributed by atoms with Gasteiger partial charge in [0.1, 0.15) is 17.3 Å². The lowest BCUT2D eigenvalue weighted by Crippen LogP contribution is -2.49. The van der Waals surface area contributed by atoms with E-state index in [-0.39, 0.29) is 11.7 Å². The molecule has 0 saturated carbocycles. The number of ether oxygens (including phenoxy) is 1. The maximum absolute atomic E-state index is 14.1. The second kappa shape index (κ2) is 8.84. The Morgan fingerprint density at radius 3 is 2.45 bits per heavy atom. The monoisotopic (exact) mass is 421 g/mol. The highest BCUT2D eigenvalue weighted by molar-refractivity contribution is 5.94. The lowest BCUT2D eigenvalue weighted by molar-refractivity contribution is 0.0735. The van der Waals surface area contributed by atoms with Crippen molar-refractivity contribution < 1.29 is 13.9 Å². The molecule has 0 aliphatic carbocycles. The molecule has 0 radical (unpaired) electrons. The fourth-order valence-corrected chi connectivity index (χ4v) is 4.30. The van der Waals surface area contributed by atoms with E-state index >= 15 is 0 Å². The van der Waals surface area contributed by atoms with Gasteiger partial charge in [0, 0.05) is 38.4 Å². The number of hydrogen-bond acceptors (Lipinski definition) is 3. The van der Waals surface area contributed by atoms with Crippen LogP contribution in [-0.2, 0) is 6.54 Å². The van der Waals surface area contributed by atoms with E-state index < -0.39 is 0 Å². The van der Waals surface area contributed by atoms with Gasteiger partial charge in [-0.2, -0.15) is 0 Å². The van der Waals surface area contributed by atoms with Crippen molar-refractivity contribution in [3.8, 4) is 5.75 Å². The van der Waals surface area contributed by atoms with Gasteiger partial charge in [-0.25, -0.2) is 4.39 Å². The summed E-state index contributed by atoms with van der Waals surface area (Å²) < 4.78 is 21.5. The number of aromatic nitrogens is 1. The highest BCUT2D eigenvalue weighted by Gasteiger charge is 2.27. The average molecular weight is 422 g/mol. The Bertz CT molecular complexity index is 1080. The lowest BCUT2D eigenvalue weighted by atomic mass is 10.2. The van der Waals surface area contributed by atoms with Gasteiger partial charge in [-0.05, 0) is 55.3 Å². The highest BCUT2D eigenvalue weighted by atomic mass is 19.1. The predicted octanol–water partition coefficient (Wildman–Crippen LogP) is 4.26. The van der Waals surface area contributed by atoms with Crippen LogP contribution in [-0.4, -0.2) is 48.7 Å². The summed E-state index contributed by atoms with van der Waals surface area (Å²) in [4.78, 5) is 17.3. The van der Waals surface area contributed by atoms with E-state index in [1.165, 1.54) is 6.07 Å². The number of carbonyl (C=O) groups excluding carboxylic acids is 1. The Morgan fingerprint density at radius 1 is 1.00 bits per heavy atom. The number of carbonyl (C=O) groups is 1. The van der Waals surface area contributed by atoms with Crippen LogP contribution in [0.2, 0.25) is 0 Å². The molecule has 162 valence electrons. The van der Waals surface area contributed by atoms with Crippen LogP contribution in [0.25, 0.3) is 0 Å². The first-order valence-corrected chi connectivity index (χ1v) is 10.6. The maximum atomic E-state index is 14.1. The van der Waals surface area contributed by atoms with Crippen LogP contribution >= 0.6 is 0 Å². The quantitative estimate of drug-likeness (QED) is 0.618. The highest BCUT2D eigenvalue weighted by Crippen LogP contribution is 2.24. The molecular formula is C25H28FN3O2. The van der Waals surface area contributed by atoms with Crippen molar-refractivity contribution in [2.24, 2.45) is 0 Å². The normalized spacial score (nSPS) is 14.1. The zero-order valence-corrected chi connectivity index (χ0v) is 18.3. The number of anilines is 1. The van der Waals surface area contributed by atoms with E-state index in [9.17, 15) is 9.18 Å². The molecule has 2 heterocycles. The van der Waals surface area contributed by atoms with Crippen LogP contribution in [0, 0.1) is 19.7 Å². The van der Waals surface area contributed by atoms with Gasteiger partial charge >= 0.3 is 0 Å². The number of rotatable bonds is 5. The molecular weight excluding hydrogens is 393 g/mol. The molecule has 1 aliphatic rings. The van der Waals surface area contributed by atoms with Gasteiger partial charge in [0.2, 0.25) is 0 Å². The second-order valence-corrected chi connectivity index (χ2v) is 7.99. The number of piperazine rings is 1. The number of aryl methyl sites for hydroxylation is 2. The Kier molecular flexibility index (Phi) is 5.98. The summed E-state index contributed by atoms with van der Waals surface area (Å²) in [5, 5.41) is 0. The number of nitrogens with zero attached hydrogens (tertiary/aromatic N) is 3. The summed E-state index contributed by atoms with van der Waals surface area (Å²) in [5.74, 6) is 0.610. The SMILES string of the molecule is COc1cccc(Cn2c(C)cc(C)c2C(=O)N2CCN(c3ccccc3F)CC2)c1. The minimum absolute atomic E-state index is 0.0293. The third-order valence-electron chi connectivity index (χ3n) is 5.93. The molecule has 1 amide bonds. The zero-order valence-electron chi connectivity index (χ0n) is 18.3. The average Bonchev–Trinajstić information content (AvgIpc) is 3.06. The maximum Gasteiger partial charge on any atom is 0.270 e. The van der Waals surface area contributed by atoms with Gasteiger partial charge in [0.05, 0.1) is 12.8 Å². The first kappa shape index (κ1) is 21.0. The molecule has 0 atom stereocenters. The van der Waals surface area contributed by atoms with E-state index in [1.807, 2.05) is 54.0 Å². The third-order valence-corrected chi connectivity index (χ3v) is 5.93. The molecule has 2 aromatic carbocycles. The molecule has 5 nitrogen and oxygen atoms in total. The molecule has 0 spiro atoms. The summed E-state index contributed by atoms with van der Waals surface area (Å²) in [5.41, 5.74) is 4.43. The van der Waals surface area contributed by atoms with Crippen molar-refractivity contribution in [2.75, 3.05) is 38.2 Å². The first-order valence-electron chi connectivity index (χ1n) is 10.6. The van der Waals surface area contributed by atoms with Crippen LogP contribution in [0.15, 0.2) is 54.6 Å². The van der Waals surface area contributed by atoms with Crippen molar-refractivity contribution in [2.45, 2.75) is 20.4 Å². The summed E-state index contributed by atoms with van der Waals surface area (Å²) >= 11 is 0. The van der Waals surface area contributed by atoms with E-state index in [0.717, 1.165) is 28.3 Å². The molecule has 0 bridgehead atoms. The van der Waals surface area contributed by atoms with Gasteiger partial charge in [-0.15, -0.1) is 0 Å². The summed E-state index contributed by atoms with van der Waals surface area (Å²) in [6.45, 7) is 6.97. The van der Waals surface area contributed by atoms with Crippen molar-refractivity contribution >= 4 is 11.6 Å². The standard InChI is InChI=1S/C25H28FN3O2/c1-18-15-19(2)29(17-20-7-6-8-21(16-20)31-3)24(18)25(30)28-13-11-27(12-14-28)23-10-5-4-9-22(23)26/h4-10,15-16H,11-14,17H2,1-3H3. The van der Waals surface area contributed by atoms with E-state index in [1.54, 1.807) is 19.2 Å². The van der Waals surface area contributed by atoms with E-state index in [4.69, 9.17) is 4.74 Å². The number of benzene rings is 2. The predicted molar refractivity (Wildman–Crippen MR) is 121 cm³/mol. The fraction of sp³-hybridized carbons (Fsp3) is 0.320. The number of amides is 1. The molecule has 1 aromatic heterocycles. The fourth-order valence-electron chi connectivity index (χ4n) is 4.30. The van der Waals surface area contributed by atoms with Crippen molar-refractivity contribution in [3.05, 3.63) is 82.9 Å². The topological polar surface area (TPSA) is 37.7 Å². The third kappa shape index (κ3) is 4.29. The molecule has 1 saturated heterocycles. The lowest BCUT2D eigenvalue weighted by Gasteiger charge is -2.36. The summed E-state index contributed by atoms with van der Waals surface area (Å²) in [6, 6.07) is 16.8. The van der Waals surface area contributed by atoms with Crippen LogP contribution in [0.5, 0.6) is 5.75 Å². The molecule has 1 aliphatic heterocycles. The van der Waals surface area contributed by atoms with Crippen LogP contribution in [0.1, 0.15) is 27.3 Å². The summed E-state index contributed by atoms with van der Waals surface area (Å²) in [6.07, 6.45) is 0. The molecule has 1 fully saturated rings. The minimum atomic E-state index is -0.221. The number of halogens is 1. The Hall–Kier alpha value is -3.28. The second-order valence-electron chi connectivity index (χ2n) is 7.99. The van der Waals surface area contributed by atoms with E-state index in [2.05, 4.69) is 10.6 Å². The van der Waals surface area contributed by atoms with Crippen LogP contribution < -0.4 is 9.64 Å². The number of hydrogen-bond donors (Lipinski definition) is 0. The molecule has 0 N–H and O–H groups in total. The van der Waals surface area contributed by atoms with Crippen LogP contribution in [0.3, 0.4) is 0 Å². The molecule has 3 aromatic rings. The van der Waals surface area contributed by atoms with Gasteiger partial charge in [-0.3, -0.25) is 4.79 Å². The van der Waals surface area contributed by atoms with Crippen molar-refractivity contribution in [1.29, 1.82) is 0 Å². The Morgan fingerprint density at radius 2 is 1.74 bits per heavy atom. The zero-order chi connectivity index (χ0) is 22.0. The largest absolute Gasteiger partial charge is 0.497 e. The number of para-hydroxylation sites is 1. The summed E-state index contributed by atoms with van der Waals surface area (Å²) in [7, 11) is 1.65. The van der Waals surface area contributed by atoms with Gasteiger partial charge in [0.25, 0.3) is 5.91 Å². The van der Waals surface area contributed by atoms with Gasteiger partial charge < -0.3 is 19.1 Å². The van der Waals surface area contributed by atoms with Crippen LogP contribution in [0.4, 0.5) is 10.1 Å². The van der Waals surface area contributed by atoms with Crippen molar-refractivity contribution in [1.82, 2.24) is 9.47 Å². The molecule has 31 heavy (non-hydrogen) atoms. The molecule has 6 heteroatoms. The van der Waals surface area contributed by atoms with Gasteiger partial charge in [0.15, 0.2) is 0 Å². The Balaban J connectivity index is 1.52. The molecule has 4 rings (SSSR count). The van der Waals surface area contributed by atoms with Crippen molar-refractivity contribution in [3.63, 3.8) is 0 Å². The van der Waals surface area contributed by atoms with Gasteiger partial charge in [-0.1, -0.05) is 24.3 Å². The molecule has 0 unspecified atom stereocenters. The Labute approximate surface area is 182 Å². The first-order chi connectivity index (χ1) is 15.0. The van der Waals surface area contributed by atoms with E-state index in [0.29, 0.717) is 38.4 Å². The smallest absolute Gasteiger partial charge is 0.270 e. The minimum Gasteiger partial charge on any atom is -0.497 e. The number of methoxy groups -OCH3 is 1.